The lowest BCUT2D eigenvalue weighted by Gasteiger charge is -2.35. The van der Waals surface area contributed by atoms with Crippen molar-refractivity contribution in [2.75, 3.05) is 31.1 Å². The molecule has 0 N–H and O–H groups in total. The van der Waals surface area contributed by atoms with Gasteiger partial charge in [0.25, 0.3) is 5.91 Å². The number of amides is 1. The SMILES string of the molecule is Cc1ccc(C(=O)N2CCN(c3nncc4ccccc34)CC2)cc1. The number of piperazine rings is 1. The first kappa shape index (κ1) is 15.6. The van der Waals surface area contributed by atoms with E-state index in [1.54, 1.807) is 6.20 Å². The van der Waals surface area contributed by atoms with E-state index < -0.39 is 0 Å². The normalized spacial score (nSPS) is 14.8. The highest BCUT2D eigenvalue weighted by Crippen LogP contribution is 2.24. The lowest BCUT2D eigenvalue weighted by Crippen LogP contribution is -2.49. The molecule has 0 unspecified atom stereocenters. The van der Waals surface area contributed by atoms with E-state index in [0.717, 1.165) is 40.8 Å². The molecule has 1 fully saturated rings. The molecule has 1 aliphatic rings. The zero-order valence-electron chi connectivity index (χ0n) is 14.2. The molecule has 5 nitrogen and oxygen atoms in total. The summed E-state index contributed by atoms with van der Waals surface area (Å²) in [5, 5.41) is 10.7. The third-order valence-corrected chi connectivity index (χ3v) is 4.72. The van der Waals surface area contributed by atoms with E-state index in [2.05, 4.69) is 21.2 Å². The summed E-state index contributed by atoms with van der Waals surface area (Å²) in [5.41, 5.74) is 1.92. The Morgan fingerprint density at radius 1 is 0.960 bits per heavy atom. The van der Waals surface area contributed by atoms with Crippen LogP contribution < -0.4 is 4.90 Å². The second-order valence-corrected chi connectivity index (χ2v) is 6.40. The van der Waals surface area contributed by atoms with Crippen LogP contribution in [0.5, 0.6) is 0 Å². The van der Waals surface area contributed by atoms with Gasteiger partial charge in [-0.05, 0) is 19.1 Å². The Balaban J connectivity index is 1.49. The summed E-state index contributed by atoms with van der Waals surface area (Å²) in [4.78, 5) is 16.8. The number of aromatic nitrogens is 2. The second kappa shape index (κ2) is 6.51. The standard InChI is InChI=1S/C20H20N4O/c1-15-6-8-16(9-7-15)20(25)24-12-10-23(11-13-24)19-18-5-3-2-4-17(18)14-21-22-19/h2-9,14H,10-13H2,1H3. The van der Waals surface area contributed by atoms with Crippen LogP contribution in [0.25, 0.3) is 10.8 Å². The molecule has 0 aliphatic carbocycles. The number of hydrogen-bond donors (Lipinski definition) is 0. The Hall–Kier alpha value is -2.95. The molecule has 5 heteroatoms. The van der Waals surface area contributed by atoms with Crippen molar-refractivity contribution in [3.63, 3.8) is 0 Å². The second-order valence-electron chi connectivity index (χ2n) is 6.40. The van der Waals surface area contributed by atoms with Gasteiger partial charge < -0.3 is 9.80 Å². The quantitative estimate of drug-likeness (QED) is 0.724. The Kier molecular flexibility index (Phi) is 4.06. The van der Waals surface area contributed by atoms with Crippen molar-refractivity contribution < 1.29 is 4.79 Å². The van der Waals surface area contributed by atoms with Crippen LogP contribution in [-0.4, -0.2) is 47.2 Å². The molecule has 1 saturated heterocycles. The minimum absolute atomic E-state index is 0.101. The van der Waals surface area contributed by atoms with E-state index in [1.807, 2.05) is 54.3 Å². The molecule has 0 spiro atoms. The Bertz CT molecular complexity index is 894. The molecule has 3 aromatic rings. The van der Waals surface area contributed by atoms with Gasteiger partial charge >= 0.3 is 0 Å². The number of carbonyl (C=O) groups is 1. The zero-order valence-corrected chi connectivity index (χ0v) is 14.2. The van der Waals surface area contributed by atoms with E-state index in [1.165, 1.54) is 0 Å². The first-order valence-electron chi connectivity index (χ1n) is 8.54. The van der Waals surface area contributed by atoms with Gasteiger partial charge in [0.2, 0.25) is 0 Å². The molecule has 1 aliphatic heterocycles. The zero-order chi connectivity index (χ0) is 17.2. The summed E-state index contributed by atoms with van der Waals surface area (Å²) < 4.78 is 0. The van der Waals surface area contributed by atoms with Crippen molar-refractivity contribution in [1.29, 1.82) is 0 Å². The van der Waals surface area contributed by atoms with E-state index in [-0.39, 0.29) is 5.91 Å². The molecule has 0 atom stereocenters. The van der Waals surface area contributed by atoms with Gasteiger partial charge in [-0.1, -0.05) is 42.0 Å². The molecule has 25 heavy (non-hydrogen) atoms. The largest absolute Gasteiger partial charge is 0.351 e. The number of rotatable bonds is 2. The summed E-state index contributed by atoms with van der Waals surface area (Å²) in [7, 11) is 0. The predicted molar refractivity (Wildman–Crippen MR) is 98.8 cm³/mol. The first-order chi connectivity index (χ1) is 12.2. The van der Waals surface area contributed by atoms with Gasteiger partial charge in [0, 0.05) is 42.5 Å². The fraction of sp³-hybridized carbons (Fsp3) is 0.250. The molecule has 1 aromatic heterocycles. The van der Waals surface area contributed by atoms with Gasteiger partial charge in [-0.25, -0.2) is 0 Å². The summed E-state index contributed by atoms with van der Waals surface area (Å²) in [6.07, 6.45) is 1.79. The van der Waals surface area contributed by atoms with Crippen molar-refractivity contribution in [2.45, 2.75) is 6.92 Å². The number of anilines is 1. The van der Waals surface area contributed by atoms with Crippen LogP contribution in [-0.2, 0) is 0 Å². The Morgan fingerprint density at radius 2 is 1.68 bits per heavy atom. The lowest BCUT2D eigenvalue weighted by atomic mass is 10.1. The van der Waals surface area contributed by atoms with Crippen LogP contribution in [0.3, 0.4) is 0 Å². The molecule has 4 rings (SSSR count). The summed E-state index contributed by atoms with van der Waals surface area (Å²) >= 11 is 0. The number of nitrogens with zero attached hydrogens (tertiary/aromatic N) is 4. The average Bonchev–Trinajstić information content (AvgIpc) is 2.68. The molecule has 2 heterocycles. The third kappa shape index (κ3) is 3.05. The van der Waals surface area contributed by atoms with E-state index >= 15 is 0 Å². The molecule has 126 valence electrons. The fourth-order valence-electron chi connectivity index (χ4n) is 3.25. The molecular formula is C20H20N4O. The Morgan fingerprint density at radius 3 is 2.44 bits per heavy atom. The highest BCUT2D eigenvalue weighted by Gasteiger charge is 2.23. The highest BCUT2D eigenvalue weighted by atomic mass is 16.2. The van der Waals surface area contributed by atoms with Crippen molar-refractivity contribution in [3.05, 3.63) is 65.9 Å². The molecule has 0 radical (unpaired) electrons. The average molecular weight is 332 g/mol. The number of aryl methyl sites for hydroxylation is 1. The summed E-state index contributed by atoms with van der Waals surface area (Å²) in [6, 6.07) is 15.9. The molecule has 1 amide bonds. The van der Waals surface area contributed by atoms with Crippen molar-refractivity contribution in [1.82, 2.24) is 15.1 Å². The topological polar surface area (TPSA) is 49.3 Å². The van der Waals surface area contributed by atoms with Crippen LogP contribution >= 0.6 is 0 Å². The molecule has 0 saturated carbocycles. The fourth-order valence-corrected chi connectivity index (χ4v) is 3.25. The maximum Gasteiger partial charge on any atom is 0.253 e. The number of benzene rings is 2. The van der Waals surface area contributed by atoms with Crippen LogP contribution in [0.1, 0.15) is 15.9 Å². The smallest absolute Gasteiger partial charge is 0.253 e. The van der Waals surface area contributed by atoms with Crippen LogP contribution in [0, 0.1) is 6.92 Å². The van der Waals surface area contributed by atoms with Crippen molar-refractivity contribution in [2.24, 2.45) is 0 Å². The van der Waals surface area contributed by atoms with Gasteiger partial charge in [0.15, 0.2) is 5.82 Å². The van der Waals surface area contributed by atoms with Gasteiger partial charge in [-0.15, -0.1) is 5.10 Å². The van der Waals surface area contributed by atoms with Crippen LogP contribution in [0.2, 0.25) is 0 Å². The monoisotopic (exact) mass is 332 g/mol. The highest BCUT2D eigenvalue weighted by molar-refractivity contribution is 5.95. The number of fused-ring (bicyclic) bond motifs is 1. The third-order valence-electron chi connectivity index (χ3n) is 4.72. The molecular weight excluding hydrogens is 312 g/mol. The number of hydrogen-bond acceptors (Lipinski definition) is 4. The van der Waals surface area contributed by atoms with Crippen LogP contribution in [0.4, 0.5) is 5.82 Å². The maximum atomic E-state index is 12.6. The minimum Gasteiger partial charge on any atom is -0.351 e. The van der Waals surface area contributed by atoms with Crippen molar-refractivity contribution in [3.8, 4) is 0 Å². The van der Waals surface area contributed by atoms with E-state index in [4.69, 9.17) is 0 Å². The minimum atomic E-state index is 0.101. The van der Waals surface area contributed by atoms with Gasteiger partial charge in [0.1, 0.15) is 0 Å². The molecule has 2 aromatic carbocycles. The first-order valence-corrected chi connectivity index (χ1v) is 8.54. The van der Waals surface area contributed by atoms with E-state index in [0.29, 0.717) is 13.1 Å². The number of carbonyl (C=O) groups excluding carboxylic acids is 1. The van der Waals surface area contributed by atoms with Crippen molar-refractivity contribution >= 4 is 22.5 Å². The summed E-state index contributed by atoms with van der Waals surface area (Å²) in [5.74, 6) is 1.00. The van der Waals surface area contributed by atoms with Crippen LogP contribution in [0.15, 0.2) is 54.7 Å². The Labute approximate surface area is 146 Å². The van der Waals surface area contributed by atoms with Gasteiger partial charge in [-0.2, -0.15) is 5.10 Å². The predicted octanol–water partition coefficient (Wildman–Crippen LogP) is 2.90. The lowest BCUT2D eigenvalue weighted by molar-refractivity contribution is 0.0746. The van der Waals surface area contributed by atoms with E-state index in [9.17, 15) is 4.79 Å². The van der Waals surface area contributed by atoms with Gasteiger partial charge in [0.05, 0.1) is 6.20 Å². The summed E-state index contributed by atoms with van der Waals surface area (Å²) in [6.45, 7) is 4.94. The molecule has 0 bridgehead atoms. The van der Waals surface area contributed by atoms with Gasteiger partial charge in [-0.3, -0.25) is 4.79 Å². The maximum absolute atomic E-state index is 12.6.